The monoisotopic (exact) mass is 456 g/mol. The number of sulfonamides is 1. The van der Waals surface area contributed by atoms with Crippen molar-refractivity contribution in [2.24, 2.45) is 0 Å². The van der Waals surface area contributed by atoms with E-state index in [1.54, 1.807) is 9.21 Å². The Morgan fingerprint density at radius 3 is 2.10 bits per heavy atom. The van der Waals surface area contributed by atoms with Gasteiger partial charge >= 0.3 is 13.2 Å². The van der Waals surface area contributed by atoms with E-state index in [-0.39, 0.29) is 6.09 Å². The van der Waals surface area contributed by atoms with Gasteiger partial charge in [-0.1, -0.05) is 6.08 Å². The maximum Gasteiger partial charge on any atom is 0.490 e. The highest BCUT2D eigenvalue weighted by Gasteiger charge is 2.52. The Morgan fingerprint density at radius 1 is 1.10 bits per heavy atom. The molecule has 176 valence electrons. The van der Waals surface area contributed by atoms with Gasteiger partial charge in [0.1, 0.15) is 5.60 Å². The second kappa shape index (κ2) is 8.35. The van der Waals surface area contributed by atoms with Crippen LogP contribution in [0.1, 0.15) is 67.7 Å². The second-order valence-corrected chi connectivity index (χ2v) is 12.9. The molecule has 0 radical (unpaired) electrons. The van der Waals surface area contributed by atoms with E-state index in [0.29, 0.717) is 45.4 Å². The maximum absolute atomic E-state index is 13.2. The van der Waals surface area contributed by atoms with Gasteiger partial charge < -0.3 is 18.9 Å². The molecule has 3 aliphatic heterocycles. The summed E-state index contributed by atoms with van der Waals surface area (Å²) in [5.74, 6) is 0. The van der Waals surface area contributed by atoms with Crippen LogP contribution in [0.25, 0.3) is 0 Å². The zero-order chi connectivity index (χ0) is 23.2. The molecule has 0 aliphatic carbocycles. The molecule has 1 amide bonds. The van der Waals surface area contributed by atoms with E-state index in [4.69, 9.17) is 14.0 Å². The third-order valence-corrected chi connectivity index (χ3v) is 9.00. The molecular formula is C21H37BN2O6S. The van der Waals surface area contributed by atoms with Gasteiger partial charge in [-0.15, -0.1) is 0 Å². The van der Waals surface area contributed by atoms with Gasteiger partial charge in [0.2, 0.25) is 10.0 Å². The van der Waals surface area contributed by atoms with E-state index < -0.39 is 39.2 Å². The highest BCUT2D eigenvalue weighted by Crippen LogP contribution is 2.39. The number of nitrogens with zero attached hydrogens (tertiary/aromatic N) is 2. The van der Waals surface area contributed by atoms with Gasteiger partial charge in [-0.3, -0.25) is 0 Å². The van der Waals surface area contributed by atoms with Crippen molar-refractivity contribution in [1.29, 1.82) is 0 Å². The Bertz CT molecular complexity index is 809. The van der Waals surface area contributed by atoms with Crippen LogP contribution < -0.4 is 0 Å². The van der Waals surface area contributed by atoms with Gasteiger partial charge in [0.15, 0.2) is 0 Å². The zero-order valence-electron chi connectivity index (χ0n) is 19.9. The summed E-state index contributed by atoms with van der Waals surface area (Å²) in [6.07, 6.45) is 2.99. The highest BCUT2D eigenvalue weighted by molar-refractivity contribution is 7.89. The Hall–Kier alpha value is -1.10. The van der Waals surface area contributed by atoms with E-state index in [0.717, 1.165) is 5.47 Å². The highest BCUT2D eigenvalue weighted by atomic mass is 32.2. The van der Waals surface area contributed by atoms with Crippen LogP contribution in [-0.4, -0.2) is 79.1 Å². The third-order valence-electron chi connectivity index (χ3n) is 6.64. The largest absolute Gasteiger partial charge is 0.490 e. The molecule has 2 fully saturated rings. The van der Waals surface area contributed by atoms with E-state index >= 15 is 0 Å². The summed E-state index contributed by atoms with van der Waals surface area (Å²) >= 11 is 0. The first-order valence-electron chi connectivity index (χ1n) is 11.1. The van der Waals surface area contributed by atoms with Gasteiger partial charge in [-0.2, -0.15) is 4.31 Å². The fraction of sp³-hybridized carbons (Fsp3) is 0.857. The first kappa shape index (κ1) is 24.5. The normalized spacial score (nSPS) is 25.5. The van der Waals surface area contributed by atoms with Crippen LogP contribution in [0.3, 0.4) is 0 Å². The lowest BCUT2D eigenvalue weighted by atomic mass is 9.75. The van der Waals surface area contributed by atoms with Crippen molar-refractivity contribution in [2.75, 3.05) is 26.2 Å². The van der Waals surface area contributed by atoms with Crippen molar-refractivity contribution < 1.29 is 27.3 Å². The van der Waals surface area contributed by atoms with E-state index in [1.165, 1.54) is 0 Å². The summed E-state index contributed by atoms with van der Waals surface area (Å²) < 4.78 is 45.5. The van der Waals surface area contributed by atoms with Crippen molar-refractivity contribution in [2.45, 2.75) is 89.8 Å². The van der Waals surface area contributed by atoms with Gasteiger partial charge in [0.25, 0.3) is 0 Å². The van der Waals surface area contributed by atoms with E-state index in [2.05, 4.69) is 0 Å². The summed E-state index contributed by atoms with van der Waals surface area (Å²) in [5.41, 5.74) is -0.382. The number of rotatable bonds is 3. The van der Waals surface area contributed by atoms with Crippen LogP contribution in [0, 0.1) is 0 Å². The first-order valence-corrected chi connectivity index (χ1v) is 12.6. The molecule has 3 rings (SSSR count). The maximum atomic E-state index is 13.2. The van der Waals surface area contributed by atoms with Crippen LogP contribution in [0.2, 0.25) is 0 Å². The molecule has 0 aromatic heterocycles. The molecule has 0 N–H and O–H groups in total. The predicted octanol–water partition coefficient (Wildman–Crippen LogP) is 2.98. The smallest absolute Gasteiger partial charge is 0.444 e. The molecule has 2 saturated heterocycles. The van der Waals surface area contributed by atoms with Gasteiger partial charge in [0, 0.05) is 26.2 Å². The standard InChI is InChI=1S/C21H37BN2O6S/c1-19(2,3)28-18(25)23-12-10-17(11-13-23)31(26,27)24-14-8-16(9-15-24)22-29-20(4,5)21(6,7)30-22/h8,17H,9-15H2,1-7H3. The minimum atomic E-state index is -3.43. The average Bonchev–Trinajstić information content (AvgIpc) is 2.88. The summed E-state index contributed by atoms with van der Waals surface area (Å²) in [7, 11) is -3.86. The Morgan fingerprint density at radius 2 is 1.65 bits per heavy atom. The third kappa shape index (κ3) is 5.29. The van der Waals surface area contributed by atoms with Crippen LogP contribution in [0.4, 0.5) is 4.79 Å². The van der Waals surface area contributed by atoms with Crippen molar-refractivity contribution >= 4 is 23.2 Å². The summed E-state index contributed by atoms with van der Waals surface area (Å²) in [6, 6.07) is 0. The van der Waals surface area contributed by atoms with Crippen molar-refractivity contribution in [3.05, 3.63) is 11.5 Å². The van der Waals surface area contributed by atoms with Crippen molar-refractivity contribution in [3.63, 3.8) is 0 Å². The molecule has 0 saturated carbocycles. The lowest BCUT2D eigenvalue weighted by Crippen LogP contribution is -2.49. The number of hydrogen-bond donors (Lipinski definition) is 0. The quantitative estimate of drug-likeness (QED) is 0.607. The van der Waals surface area contributed by atoms with Crippen LogP contribution in [-0.2, 0) is 24.1 Å². The molecule has 0 aromatic rings. The van der Waals surface area contributed by atoms with Gasteiger partial charge in [-0.05, 0) is 73.2 Å². The summed E-state index contributed by atoms with van der Waals surface area (Å²) in [5, 5.41) is -0.474. The Balaban J connectivity index is 1.57. The molecule has 10 heteroatoms. The molecule has 3 aliphatic rings. The fourth-order valence-electron chi connectivity index (χ4n) is 3.98. The van der Waals surface area contributed by atoms with Crippen molar-refractivity contribution in [3.8, 4) is 0 Å². The number of amides is 1. The molecule has 0 unspecified atom stereocenters. The summed E-state index contributed by atoms with van der Waals surface area (Å²) in [4.78, 5) is 13.8. The first-order chi connectivity index (χ1) is 14.1. The zero-order valence-corrected chi connectivity index (χ0v) is 20.8. The molecular weight excluding hydrogens is 419 g/mol. The molecule has 3 heterocycles. The molecule has 8 nitrogen and oxygen atoms in total. The topological polar surface area (TPSA) is 85.4 Å². The lowest BCUT2D eigenvalue weighted by Gasteiger charge is -2.36. The Kier molecular flexibility index (Phi) is 6.61. The number of piperidine rings is 1. The molecule has 0 aromatic carbocycles. The van der Waals surface area contributed by atoms with Gasteiger partial charge in [-0.25, -0.2) is 13.2 Å². The molecule has 0 atom stereocenters. The molecule has 0 bridgehead atoms. The lowest BCUT2D eigenvalue weighted by molar-refractivity contribution is 0.00578. The van der Waals surface area contributed by atoms with Crippen LogP contribution in [0.15, 0.2) is 11.5 Å². The minimum absolute atomic E-state index is 0.327. The fourth-order valence-corrected chi connectivity index (χ4v) is 5.84. The number of carbonyl (C=O) groups is 1. The Labute approximate surface area is 187 Å². The molecule has 31 heavy (non-hydrogen) atoms. The summed E-state index contributed by atoms with van der Waals surface area (Å²) in [6.45, 7) is 15.0. The number of ether oxygens (including phenoxy) is 1. The van der Waals surface area contributed by atoms with Gasteiger partial charge in [0.05, 0.1) is 16.5 Å². The predicted molar refractivity (Wildman–Crippen MR) is 120 cm³/mol. The van der Waals surface area contributed by atoms with E-state index in [9.17, 15) is 13.2 Å². The number of likely N-dealkylation sites (tertiary alicyclic amines) is 1. The van der Waals surface area contributed by atoms with Crippen molar-refractivity contribution in [1.82, 2.24) is 9.21 Å². The number of carbonyl (C=O) groups excluding carboxylic acids is 1. The van der Waals surface area contributed by atoms with Crippen LogP contribution in [0.5, 0.6) is 0 Å². The second-order valence-electron chi connectivity index (χ2n) is 10.7. The average molecular weight is 456 g/mol. The SMILES string of the molecule is CC(C)(C)OC(=O)N1CCC(S(=O)(=O)N2CC=C(B3OC(C)(C)C(C)(C)O3)CC2)CC1. The van der Waals surface area contributed by atoms with E-state index in [1.807, 2.05) is 54.5 Å². The van der Waals surface area contributed by atoms with Crippen LogP contribution >= 0.6 is 0 Å². The molecule has 0 spiro atoms. The minimum Gasteiger partial charge on any atom is -0.444 e. The number of hydrogen-bond acceptors (Lipinski definition) is 6.